The number of carboxylic acids is 1. The lowest BCUT2D eigenvalue weighted by Gasteiger charge is -2.36. The Morgan fingerprint density at radius 1 is 1.40 bits per heavy atom. The van der Waals surface area contributed by atoms with Crippen LogP contribution >= 0.6 is 11.3 Å². The van der Waals surface area contributed by atoms with Gasteiger partial charge in [0.15, 0.2) is 0 Å². The first kappa shape index (κ1) is 14.7. The van der Waals surface area contributed by atoms with E-state index in [1.165, 1.54) is 11.3 Å². The number of carbonyl (C=O) groups excluding carboxylic acids is 1. The molecular weight excluding hydrogens is 280 g/mol. The van der Waals surface area contributed by atoms with Gasteiger partial charge in [-0.1, -0.05) is 18.3 Å². The number of urea groups is 1. The predicted molar refractivity (Wildman–Crippen MR) is 74.9 cm³/mol. The number of carbonyl (C=O) groups is 2. The summed E-state index contributed by atoms with van der Waals surface area (Å²) in [6, 6.07) is -0.240. The van der Waals surface area contributed by atoms with Crippen LogP contribution in [0.5, 0.6) is 0 Å². The highest BCUT2D eigenvalue weighted by atomic mass is 32.1. The van der Waals surface area contributed by atoms with Crippen LogP contribution in [0.15, 0.2) is 0 Å². The van der Waals surface area contributed by atoms with Gasteiger partial charge in [0.25, 0.3) is 0 Å². The molecule has 0 radical (unpaired) electrons. The van der Waals surface area contributed by atoms with Crippen LogP contribution in [0, 0.1) is 5.41 Å². The lowest BCUT2D eigenvalue weighted by molar-refractivity contribution is -0.150. The highest BCUT2D eigenvalue weighted by molar-refractivity contribution is 7.15. The third-order valence-corrected chi connectivity index (χ3v) is 4.64. The number of aliphatic carboxylic acids is 1. The van der Waals surface area contributed by atoms with E-state index in [0.29, 0.717) is 31.1 Å². The second-order valence-corrected chi connectivity index (χ2v) is 6.20. The molecule has 1 aliphatic rings. The number of piperidine rings is 1. The Kier molecular flexibility index (Phi) is 4.22. The van der Waals surface area contributed by atoms with Crippen LogP contribution in [-0.4, -0.2) is 45.3 Å². The molecule has 8 heteroatoms. The van der Waals surface area contributed by atoms with Gasteiger partial charge < -0.3 is 10.0 Å². The Balaban J connectivity index is 1.90. The monoisotopic (exact) mass is 298 g/mol. The number of anilines is 1. The standard InChI is InChI=1S/C12H18N4O3S/c1-3-8-14-15-10(20-8)13-11(19)16-6-4-12(2,5-7-16)9(17)18/h3-7H2,1-2H3,(H,17,18)(H,13,15,19). The molecule has 0 bridgehead atoms. The predicted octanol–water partition coefficient (Wildman–Crippen LogP) is 1.82. The number of carboxylic acid groups (broad SMARTS) is 1. The van der Waals surface area contributed by atoms with Gasteiger partial charge in [-0.05, 0) is 26.2 Å². The maximum Gasteiger partial charge on any atom is 0.323 e. The molecule has 1 aliphatic heterocycles. The lowest BCUT2D eigenvalue weighted by atomic mass is 9.80. The highest BCUT2D eigenvalue weighted by Crippen LogP contribution is 2.31. The highest BCUT2D eigenvalue weighted by Gasteiger charge is 2.38. The Bertz CT molecular complexity index is 509. The topological polar surface area (TPSA) is 95.4 Å². The van der Waals surface area contributed by atoms with Crippen molar-refractivity contribution >= 4 is 28.5 Å². The van der Waals surface area contributed by atoms with Crippen LogP contribution in [0.1, 0.15) is 31.7 Å². The Hall–Kier alpha value is -1.70. The number of likely N-dealkylation sites (tertiary alicyclic amines) is 1. The first-order chi connectivity index (χ1) is 9.44. The molecular formula is C12H18N4O3S. The van der Waals surface area contributed by atoms with Crippen molar-refractivity contribution in [1.82, 2.24) is 15.1 Å². The molecule has 2 N–H and O–H groups in total. The zero-order valence-electron chi connectivity index (χ0n) is 11.5. The van der Waals surface area contributed by atoms with E-state index in [4.69, 9.17) is 5.11 Å². The van der Waals surface area contributed by atoms with Crippen molar-refractivity contribution in [2.24, 2.45) is 5.41 Å². The largest absolute Gasteiger partial charge is 0.481 e. The molecule has 0 unspecified atom stereocenters. The SMILES string of the molecule is CCc1nnc(NC(=O)N2CCC(C)(C(=O)O)CC2)s1. The third kappa shape index (κ3) is 3.06. The minimum atomic E-state index is -0.797. The number of aryl methyl sites for hydroxylation is 1. The van der Waals surface area contributed by atoms with Crippen LogP contribution in [0.3, 0.4) is 0 Å². The summed E-state index contributed by atoms with van der Waals surface area (Å²) in [5, 5.41) is 21.0. The van der Waals surface area contributed by atoms with Crippen LogP contribution in [-0.2, 0) is 11.2 Å². The number of nitrogens with zero attached hydrogens (tertiary/aromatic N) is 3. The molecule has 1 fully saturated rings. The van der Waals surface area contributed by atoms with E-state index in [2.05, 4.69) is 15.5 Å². The first-order valence-corrected chi connectivity index (χ1v) is 7.38. The van der Waals surface area contributed by atoms with E-state index in [1.54, 1.807) is 11.8 Å². The van der Waals surface area contributed by atoms with E-state index in [1.807, 2.05) is 6.92 Å². The van der Waals surface area contributed by atoms with Crippen molar-refractivity contribution in [3.05, 3.63) is 5.01 Å². The normalized spacial score (nSPS) is 17.8. The van der Waals surface area contributed by atoms with Crippen molar-refractivity contribution in [1.29, 1.82) is 0 Å². The number of amides is 2. The zero-order valence-corrected chi connectivity index (χ0v) is 12.4. The van der Waals surface area contributed by atoms with Gasteiger partial charge in [-0.25, -0.2) is 4.79 Å². The molecule has 110 valence electrons. The number of hydrogen-bond donors (Lipinski definition) is 2. The molecule has 0 atom stereocenters. The molecule has 0 aliphatic carbocycles. The van der Waals surface area contributed by atoms with Crippen LogP contribution < -0.4 is 5.32 Å². The fourth-order valence-corrected chi connectivity index (χ4v) is 2.70. The van der Waals surface area contributed by atoms with Gasteiger partial charge in [0.1, 0.15) is 5.01 Å². The molecule has 2 rings (SSSR count). The third-order valence-electron chi connectivity index (χ3n) is 3.65. The van der Waals surface area contributed by atoms with Gasteiger partial charge in [0.05, 0.1) is 5.41 Å². The number of nitrogens with one attached hydrogen (secondary N) is 1. The number of rotatable bonds is 3. The molecule has 0 aromatic carbocycles. The summed E-state index contributed by atoms with van der Waals surface area (Å²) in [6.45, 7) is 4.58. The van der Waals surface area contributed by atoms with E-state index in [0.717, 1.165) is 11.4 Å². The smallest absolute Gasteiger partial charge is 0.323 e. The molecule has 2 amide bonds. The average Bonchev–Trinajstić information content (AvgIpc) is 2.87. The molecule has 0 saturated carbocycles. The number of aromatic nitrogens is 2. The Morgan fingerprint density at radius 3 is 2.55 bits per heavy atom. The van der Waals surface area contributed by atoms with Gasteiger partial charge in [0, 0.05) is 13.1 Å². The zero-order chi connectivity index (χ0) is 14.8. The molecule has 2 heterocycles. The summed E-state index contributed by atoms with van der Waals surface area (Å²) in [5.41, 5.74) is -0.727. The molecule has 20 heavy (non-hydrogen) atoms. The van der Waals surface area contributed by atoms with Crippen molar-refractivity contribution in [2.45, 2.75) is 33.1 Å². The van der Waals surface area contributed by atoms with Crippen molar-refractivity contribution in [3.63, 3.8) is 0 Å². The summed E-state index contributed by atoms with van der Waals surface area (Å²) >= 11 is 1.35. The number of hydrogen-bond acceptors (Lipinski definition) is 5. The fourth-order valence-electron chi connectivity index (χ4n) is 2.03. The summed E-state index contributed by atoms with van der Waals surface area (Å²) < 4.78 is 0. The first-order valence-electron chi connectivity index (χ1n) is 6.56. The van der Waals surface area contributed by atoms with Crippen LogP contribution in [0.25, 0.3) is 0 Å². The summed E-state index contributed by atoms with van der Waals surface area (Å²) in [6.07, 6.45) is 1.71. The van der Waals surface area contributed by atoms with Gasteiger partial charge in [0.2, 0.25) is 5.13 Å². The summed E-state index contributed by atoms with van der Waals surface area (Å²) in [4.78, 5) is 24.8. The maximum atomic E-state index is 12.1. The molecule has 1 saturated heterocycles. The molecule has 7 nitrogen and oxygen atoms in total. The van der Waals surface area contributed by atoms with Crippen LogP contribution in [0.2, 0.25) is 0 Å². The summed E-state index contributed by atoms with van der Waals surface area (Å²) in [5.74, 6) is -0.797. The van der Waals surface area contributed by atoms with Gasteiger partial charge >= 0.3 is 12.0 Å². The van der Waals surface area contributed by atoms with Gasteiger partial charge in [-0.15, -0.1) is 10.2 Å². The second-order valence-electron chi connectivity index (χ2n) is 5.14. The minimum absolute atomic E-state index is 0.240. The van der Waals surface area contributed by atoms with Crippen molar-refractivity contribution in [2.75, 3.05) is 18.4 Å². The Morgan fingerprint density at radius 2 is 2.05 bits per heavy atom. The fraction of sp³-hybridized carbons (Fsp3) is 0.667. The lowest BCUT2D eigenvalue weighted by Crippen LogP contribution is -2.46. The van der Waals surface area contributed by atoms with Crippen molar-refractivity contribution < 1.29 is 14.7 Å². The quantitative estimate of drug-likeness (QED) is 0.887. The molecule has 0 spiro atoms. The maximum absolute atomic E-state index is 12.1. The average molecular weight is 298 g/mol. The van der Waals surface area contributed by atoms with Crippen LogP contribution in [0.4, 0.5) is 9.93 Å². The van der Waals surface area contributed by atoms with Gasteiger partial charge in [-0.2, -0.15) is 0 Å². The van der Waals surface area contributed by atoms with E-state index < -0.39 is 11.4 Å². The second kappa shape index (κ2) is 5.74. The minimum Gasteiger partial charge on any atom is -0.481 e. The molecule has 1 aromatic heterocycles. The van der Waals surface area contributed by atoms with Gasteiger partial charge in [-0.3, -0.25) is 10.1 Å². The Labute approximate surface area is 121 Å². The van der Waals surface area contributed by atoms with E-state index in [9.17, 15) is 9.59 Å². The van der Waals surface area contributed by atoms with E-state index in [-0.39, 0.29) is 6.03 Å². The molecule has 1 aromatic rings. The summed E-state index contributed by atoms with van der Waals surface area (Å²) in [7, 11) is 0. The van der Waals surface area contributed by atoms with E-state index >= 15 is 0 Å². The van der Waals surface area contributed by atoms with Crippen molar-refractivity contribution in [3.8, 4) is 0 Å².